The topological polar surface area (TPSA) is 3.24 Å². The monoisotopic (exact) mass is 705 g/mol. The normalized spacial score (nSPS) is 11.3. The maximum Gasteiger partial charge on any atom is 0.0476 e. The van der Waals surface area contributed by atoms with Crippen LogP contribution in [-0.4, -0.2) is 0 Å². The Morgan fingerprint density at radius 2 is 0.796 bits per heavy atom. The van der Waals surface area contributed by atoms with E-state index in [0.717, 1.165) is 17.1 Å². The summed E-state index contributed by atoms with van der Waals surface area (Å²) < 4.78 is 2.60. The van der Waals surface area contributed by atoms with Crippen molar-refractivity contribution in [1.29, 1.82) is 0 Å². The highest BCUT2D eigenvalue weighted by Gasteiger charge is 2.17. The van der Waals surface area contributed by atoms with E-state index in [2.05, 4.69) is 217 Å². The zero-order valence-corrected chi connectivity index (χ0v) is 30.4. The van der Waals surface area contributed by atoms with Gasteiger partial charge < -0.3 is 4.90 Å². The largest absolute Gasteiger partial charge is 0.310 e. The molecule has 1 heterocycles. The predicted octanol–water partition coefficient (Wildman–Crippen LogP) is 15.3. The van der Waals surface area contributed by atoms with Gasteiger partial charge in [0.15, 0.2) is 0 Å². The number of fused-ring (bicyclic) bond motifs is 4. The van der Waals surface area contributed by atoms with Gasteiger partial charge in [-0.2, -0.15) is 0 Å². The van der Waals surface area contributed by atoms with E-state index in [1.807, 2.05) is 11.3 Å². The Balaban J connectivity index is 1.07. The molecule has 0 saturated carbocycles. The van der Waals surface area contributed by atoms with Crippen LogP contribution in [0.3, 0.4) is 0 Å². The molecule has 1 nitrogen and oxygen atoms in total. The first-order valence-electron chi connectivity index (χ1n) is 18.4. The SMILES string of the molecule is c1ccc(-c2ccc3cccc(-c4ccc(N(c5ccc(-c6ccccc6-c6ccccc6)cc5)c5ccc6c(c5)sc5ccccc56)cc4)c3c2)cc1. The molecule has 0 unspecified atom stereocenters. The molecule has 54 heavy (non-hydrogen) atoms. The molecule has 10 rings (SSSR count). The van der Waals surface area contributed by atoms with Gasteiger partial charge in [0.25, 0.3) is 0 Å². The number of thiophene rings is 1. The maximum atomic E-state index is 2.39. The summed E-state index contributed by atoms with van der Waals surface area (Å²) >= 11 is 1.86. The number of nitrogens with zero attached hydrogens (tertiary/aromatic N) is 1. The number of rotatable bonds is 7. The molecule has 10 aromatic rings. The Labute approximate surface area is 319 Å². The maximum absolute atomic E-state index is 2.39. The molecule has 0 N–H and O–H groups in total. The van der Waals surface area contributed by atoms with Gasteiger partial charge in [-0.15, -0.1) is 11.3 Å². The summed E-state index contributed by atoms with van der Waals surface area (Å²) in [5.74, 6) is 0. The van der Waals surface area contributed by atoms with Gasteiger partial charge >= 0.3 is 0 Å². The Bertz CT molecular complexity index is 2910. The molecule has 0 aliphatic rings. The number of hydrogen-bond donors (Lipinski definition) is 0. The molecule has 0 amide bonds. The van der Waals surface area contributed by atoms with Crippen molar-refractivity contribution in [2.24, 2.45) is 0 Å². The zero-order chi connectivity index (χ0) is 35.8. The third-order valence-corrected chi connectivity index (χ3v) is 11.6. The minimum Gasteiger partial charge on any atom is -0.310 e. The fraction of sp³-hybridized carbons (Fsp3) is 0. The molecule has 1 aromatic heterocycles. The van der Waals surface area contributed by atoms with Crippen molar-refractivity contribution >= 4 is 59.3 Å². The molecule has 0 atom stereocenters. The zero-order valence-electron chi connectivity index (χ0n) is 29.6. The van der Waals surface area contributed by atoms with Crippen LogP contribution < -0.4 is 4.90 Å². The second kappa shape index (κ2) is 13.7. The van der Waals surface area contributed by atoms with E-state index in [9.17, 15) is 0 Å². The lowest BCUT2D eigenvalue weighted by Gasteiger charge is -2.26. The first-order valence-corrected chi connectivity index (χ1v) is 19.2. The van der Waals surface area contributed by atoms with Crippen LogP contribution in [0.5, 0.6) is 0 Å². The van der Waals surface area contributed by atoms with Crippen molar-refractivity contribution in [1.82, 2.24) is 0 Å². The minimum absolute atomic E-state index is 1.11. The van der Waals surface area contributed by atoms with Gasteiger partial charge in [-0.05, 0) is 104 Å². The number of anilines is 3. The van der Waals surface area contributed by atoms with Gasteiger partial charge in [-0.3, -0.25) is 0 Å². The van der Waals surface area contributed by atoms with E-state index in [1.165, 1.54) is 75.5 Å². The number of hydrogen-bond acceptors (Lipinski definition) is 2. The van der Waals surface area contributed by atoms with Crippen molar-refractivity contribution in [2.75, 3.05) is 4.90 Å². The molecular formula is C52H35NS. The van der Waals surface area contributed by atoms with Gasteiger partial charge in [0, 0.05) is 37.2 Å². The van der Waals surface area contributed by atoms with Crippen LogP contribution in [0.4, 0.5) is 17.1 Å². The third kappa shape index (κ3) is 5.84. The van der Waals surface area contributed by atoms with E-state index in [4.69, 9.17) is 0 Å². The van der Waals surface area contributed by atoms with Crippen molar-refractivity contribution in [3.05, 3.63) is 212 Å². The van der Waals surface area contributed by atoms with Crippen LogP contribution in [0.15, 0.2) is 212 Å². The summed E-state index contributed by atoms with van der Waals surface area (Å²) in [5.41, 5.74) is 13.1. The van der Waals surface area contributed by atoms with Gasteiger partial charge in [0.05, 0.1) is 0 Å². The highest BCUT2D eigenvalue weighted by Crippen LogP contribution is 2.42. The average Bonchev–Trinajstić information content (AvgIpc) is 3.63. The minimum atomic E-state index is 1.11. The molecule has 0 bridgehead atoms. The van der Waals surface area contributed by atoms with Gasteiger partial charge in [-0.1, -0.05) is 164 Å². The molecule has 0 aliphatic carbocycles. The van der Waals surface area contributed by atoms with Crippen LogP contribution in [0.25, 0.3) is 75.5 Å². The van der Waals surface area contributed by atoms with E-state index in [-0.39, 0.29) is 0 Å². The van der Waals surface area contributed by atoms with Crippen molar-refractivity contribution < 1.29 is 0 Å². The highest BCUT2D eigenvalue weighted by molar-refractivity contribution is 7.25. The highest BCUT2D eigenvalue weighted by atomic mass is 32.1. The standard InChI is InChI=1S/C52H35NS/c1-3-12-36(13-4-1)41-23-22-38-16-11-20-47(50(38)34-41)40-26-30-43(31-27-40)53(44-32-33-49-48-19-9-10-21-51(48)54-52(49)35-44)42-28-24-39(25-29-42)46-18-8-7-17-45(46)37-14-5-2-6-15-37/h1-35H. The van der Waals surface area contributed by atoms with Crippen LogP contribution in [0.2, 0.25) is 0 Å². The van der Waals surface area contributed by atoms with Crippen LogP contribution >= 0.6 is 11.3 Å². The first kappa shape index (κ1) is 32.0. The average molecular weight is 706 g/mol. The summed E-state index contributed by atoms with van der Waals surface area (Å²) in [6.45, 7) is 0. The van der Waals surface area contributed by atoms with Gasteiger partial charge in [0.1, 0.15) is 0 Å². The van der Waals surface area contributed by atoms with Crippen LogP contribution in [-0.2, 0) is 0 Å². The summed E-state index contributed by atoms with van der Waals surface area (Å²) in [6.07, 6.45) is 0. The first-order chi connectivity index (χ1) is 26.8. The van der Waals surface area contributed by atoms with Crippen LogP contribution in [0.1, 0.15) is 0 Å². The Kier molecular flexibility index (Phi) is 8.09. The molecule has 0 fully saturated rings. The summed E-state index contributed by atoms with van der Waals surface area (Å²) in [7, 11) is 0. The second-order valence-electron chi connectivity index (χ2n) is 13.7. The quantitative estimate of drug-likeness (QED) is 0.160. The summed E-state index contributed by atoms with van der Waals surface area (Å²) in [4.78, 5) is 2.39. The lowest BCUT2D eigenvalue weighted by molar-refractivity contribution is 1.29. The molecule has 2 heteroatoms. The van der Waals surface area contributed by atoms with Crippen molar-refractivity contribution in [2.45, 2.75) is 0 Å². The fourth-order valence-electron chi connectivity index (χ4n) is 7.82. The summed E-state index contributed by atoms with van der Waals surface area (Å²) in [6, 6.07) is 77.1. The second-order valence-corrected chi connectivity index (χ2v) is 14.8. The number of benzene rings is 9. The molecule has 0 saturated heterocycles. The smallest absolute Gasteiger partial charge is 0.0476 e. The Hall–Kier alpha value is -6.74. The fourth-order valence-corrected chi connectivity index (χ4v) is 8.96. The van der Waals surface area contributed by atoms with E-state index < -0.39 is 0 Å². The lowest BCUT2D eigenvalue weighted by Crippen LogP contribution is -2.09. The molecule has 0 aliphatic heterocycles. The lowest BCUT2D eigenvalue weighted by atomic mass is 9.94. The molecular weight excluding hydrogens is 671 g/mol. The van der Waals surface area contributed by atoms with Gasteiger partial charge in [0.2, 0.25) is 0 Å². The molecule has 9 aromatic carbocycles. The molecule has 254 valence electrons. The van der Waals surface area contributed by atoms with Gasteiger partial charge in [-0.25, -0.2) is 0 Å². The Morgan fingerprint density at radius 3 is 1.50 bits per heavy atom. The Morgan fingerprint density at radius 1 is 0.278 bits per heavy atom. The summed E-state index contributed by atoms with van der Waals surface area (Å²) in [5, 5.41) is 5.11. The van der Waals surface area contributed by atoms with Crippen molar-refractivity contribution in [3.8, 4) is 44.5 Å². The van der Waals surface area contributed by atoms with E-state index >= 15 is 0 Å². The van der Waals surface area contributed by atoms with Crippen molar-refractivity contribution in [3.63, 3.8) is 0 Å². The third-order valence-electron chi connectivity index (χ3n) is 10.5. The van der Waals surface area contributed by atoms with E-state index in [0.29, 0.717) is 0 Å². The molecule has 0 spiro atoms. The van der Waals surface area contributed by atoms with E-state index in [1.54, 1.807) is 0 Å². The molecule has 0 radical (unpaired) electrons. The predicted molar refractivity (Wildman–Crippen MR) is 233 cm³/mol. The van der Waals surface area contributed by atoms with Crippen LogP contribution in [0, 0.1) is 0 Å².